The minimum atomic E-state index is -0.216. The fourth-order valence-electron chi connectivity index (χ4n) is 2.44. The Balaban J connectivity index is 2.01. The Kier molecular flexibility index (Phi) is 3.81. The average Bonchev–Trinajstić information content (AvgIpc) is 2.75. The van der Waals surface area contributed by atoms with E-state index in [0.29, 0.717) is 6.04 Å². The number of aromatic nitrogens is 1. The van der Waals surface area contributed by atoms with E-state index in [4.69, 9.17) is 4.42 Å². The molecule has 0 aromatic carbocycles. The average molecular weight is 239 g/mol. The maximum Gasteiger partial charge on any atom is 0.181 e. The molecule has 0 spiro atoms. The maximum absolute atomic E-state index is 9.78. The second-order valence-corrected chi connectivity index (χ2v) is 5.09. The number of likely N-dealkylation sites (N-methyl/N-ethyl adjacent to an activating group) is 1. The largest absolute Gasteiger partial charge is 0.448 e. The molecule has 1 N–H and O–H groups in total. The first-order chi connectivity index (χ1) is 8.06. The summed E-state index contributed by atoms with van der Waals surface area (Å²) >= 11 is 0. The van der Waals surface area contributed by atoms with Crippen molar-refractivity contribution in [2.45, 2.75) is 32.0 Å². The molecular weight excluding hydrogens is 218 g/mol. The molecule has 0 bridgehead atoms. The molecule has 17 heavy (non-hydrogen) atoms. The fourth-order valence-corrected chi connectivity index (χ4v) is 2.44. The molecule has 1 saturated heterocycles. The van der Waals surface area contributed by atoms with Gasteiger partial charge in [0.1, 0.15) is 5.76 Å². The van der Waals surface area contributed by atoms with Crippen LogP contribution >= 0.6 is 0 Å². The highest BCUT2D eigenvalue weighted by molar-refractivity contribution is 5.05. The van der Waals surface area contributed by atoms with Gasteiger partial charge >= 0.3 is 0 Å². The van der Waals surface area contributed by atoms with Gasteiger partial charge < -0.3 is 14.4 Å². The standard InChI is InChI=1S/C12H21N3O2/c1-9-12(13-8-17-9)7-15-6-11(16)4-10(15)5-14(2)3/h8,10-11,16H,4-7H2,1-3H3. The van der Waals surface area contributed by atoms with Gasteiger partial charge in [-0.15, -0.1) is 0 Å². The van der Waals surface area contributed by atoms with Gasteiger partial charge in [-0.1, -0.05) is 0 Å². The van der Waals surface area contributed by atoms with Crippen LogP contribution in [0, 0.1) is 6.92 Å². The number of likely N-dealkylation sites (tertiary alicyclic amines) is 1. The van der Waals surface area contributed by atoms with Crippen LogP contribution in [0.1, 0.15) is 17.9 Å². The van der Waals surface area contributed by atoms with Crippen molar-refractivity contribution in [1.82, 2.24) is 14.8 Å². The SMILES string of the molecule is Cc1ocnc1CN1CC(O)CC1CN(C)C. The zero-order valence-electron chi connectivity index (χ0n) is 10.8. The lowest BCUT2D eigenvalue weighted by Gasteiger charge is -2.25. The van der Waals surface area contributed by atoms with Crippen LogP contribution in [0.15, 0.2) is 10.8 Å². The van der Waals surface area contributed by atoms with E-state index in [1.165, 1.54) is 6.39 Å². The van der Waals surface area contributed by atoms with Crippen molar-refractivity contribution in [2.75, 3.05) is 27.2 Å². The van der Waals surface area contributed by atoms with E-state index in [1.807, 2.05) is 6.92 Å². The van der Waals surface area contributed by atoms with E-state index in [1.54, 1.807) is 0 Å². The van der Waals surface area contributed by atoms with Gasteiger partial charge in [-0.2, -0.15) is 0 Å². The van der Waals surface area contributed by atoms with Crippen LogP contribution in [0.2, 0.25) is 0 Å². The van der Waals surface area contributed by atoms with Crippen molar-refractivity contribution < 1.29 is 9.52 Å². The summed E-state index contributed by atoms with van der Waals surface area (Å²) in [5, 5.41) is 9.78. The van der Waals surface area contributed by atoms with Gasteiger partial charge in [0.15, 0.2) is 6.39 Å². The van der Waals surface area contributed by atoms with Crippen LogP contribution in [0.5, 0.6) is 0 Å². The van der Waals surface area contributed by atoms with Crippen LogP contribution in [0.25, 0.3) is 0 Å². The second-order valence-electron chi connectivity index (χ2n) is 5.09. The minimum absolute atomic E-state index is 0.216. The summed E-state index contributed by atoms with van der Waals surface area (Å²) in [6.45, 7) is 4.38. The van der Waals surface area contributed by atoms with Gasteiger partial charge in [-0.3, -0.25) is 4.90 Å². The highest BCUT2D eigenvalue weighted by Crippen LogP contribution is 2.21. The Morgan fingerprint density at radius 1 is 1.59 bits per heavy atom. The summed E-state index contributed by atoms with van der Waals surface area (Å²) < 4.78 is 5.21. The van der Waals surface area contributed by atoms with Gasteiger partial charge in [0, 0.05) is 25.7 Å². The third-order valence-corrected chi connectivity index (χ3v) is 3.28. The lowest BCUT2D eigenvalue weighted by atomic mass is 10.2. The van der Waals surface area contributed by atoms with E-state index < -0.39 is 0 Å². The lowest BCUT2D eigenvalue weighted by molar-refractivity contribution is 0.168. The highest BCUT2D eigenvalue weighted by Gasteiger charge is 2.31. The molecule has 2 heterocycles. The number of hydrogen-bond donors (Lipinski definition) is 1. The van der Waals surface area contributed by atoms with Crippen molar-refractivity contribution in [2.24, 2.45) is 0 Å². The number of β-amino-alcohol motifs (C(OH)–C–C–N with tert-alkyl or cyclic N) is 1. The number of aliphatic hydroxyl groups excluding tert-OH is 1. The third-order valence-electron chi connectivity index (χ3n) is 3.28. The van der Waals surface area contributed by atoms with Crippen LogP contribution < -0.4 is 0 Å². The van der Waals surface area contributed by atoms with Gasteiger partial charge in [0.25, 0.3) is 0 Å². The first-order valence-electron chi connectivity index (χ1n) is 6.02. The van der Waals surface area contributed by atoms with Crippen LogP contribution in [-0.4, -0.2) is 59.2 Å². The summed E-state index contributed by atoms with van der Waals surface area (Å²) in [5.41, 5.74) is 0.975. The highest BCUT2D eigenvalue weighted by atomic mass is 16.3. The minimum Gasteiger partial charge on any atom is -0.448 e. The molecule has 2 atom stereocenters. The Labute approximate surface area is 102 Å². The summed E-state index contributed by atoms with van der Waals surface area (Å²) in [4.78, 5) is 8.66. The number of hydrogen-bond acceptors (Lipinski definition) is 5. The first-order valence-corrected chi connectivity index (χ1v) is 6.02. The maximum atomic E-state index is 9.78. The van der Waals surface area contributed by atoms with Gasteiger partial charge in [0.05, 0.1) is 11.8 Å². The quantitative estimate of drug-likeness (QED) is 0.828. The van der Waals surface area contributed by atoms with Crippen molar-refractivity contribution in [1.29, 1.82) is 0 Å². The van der Waals surface area contributed by atoms with Crippen molar-refractivity contribution in [3.05, 3.63) is 17.8 Å². The lowest BCUT2D eigenvalue weighted by Crippen LogP contribution is -2.37. The molecule has 96 valence electrons. The molecule has 1 aliphatic rings. The molecule has 2 rings (SSSR count). The molecule has 5 heteroatoms. The second kappa shape index (κ2) is 5.16. The Morgan fingerprint density at radius 3 is 2.94 bits per heavy atom. The van der Waals surface area contributed by atoms with Crippen molar-refractivity contribution in [3.8, 4) is 0 Å². The summed E-state index contributed by atoms with van der Waals surface area (Å²) in [5.74, 6) is 0.870. The van der Waals surface area contributed by atoms with Gasteiger partial charge in [-0.05, 0) is 27.4 Å². The van der Waals surface area contributed by atoms with Crippen LogP contribution in [0.4, 0.5) is 0 Å². The Bertz CT molecular complexity index is 364. The smallest absolute Gasteiger partial charge is 0.181 e. The van der Waals surface area contributed by atoms with Crippen LogP contribution in [0.3, 0.4) is 0 Å². The predicted molar refractivity (Wildman–Crippen MR) is 64.6 cm³/mol. The molecule has 5 nitrogen and oxygen atoms in total. The number of aliphatic hydroxyl groups is 1. The van der Waals surface area contributed by atoms with Crippen LogP contribution in [-0.2, 0) is 6.54 Å². The summed E-state index contributed by atoms with van der Waals surface area (Å²) in [6, 6.07) is 0.399. The van der Waals surface area contributed by atoms with E-state index >= 15 is 0 Å². The molecular formula is C12H21N3O2. The molecule has 1 aliphatic heterocycles. The topological polar surface area (TPSA) is 52.7 Å². The summed E-state index contributed by atoms with van der Waals surface area (Å²) in [7, 11) is 4.12. The monoisotopic (exact) mass is 239 g/mol. The molecule has 1 aromatic heterocycles. The predicted octanol–water partition coefficient (Wildman–Crippen LogP) is 0.480. The molecule has 0 saturated carbocycles. The molecule has 1 fully saturated rings. The van der Waals surface area contributed by atoms with Crippen molar-refractivity contribution >= 4 is 0 Å². The van der Waals surface area contributed by atoms with E-state index in [-0.39, 0.29) is 6.10 Å². The summed E-state index contributed by atoms with van der Waals surface area (Å²) in [6.07, 6.45) is 2.11. The zero-order chi connectivity index (χ0) is 12.4. The third kappa shape index (κ3) is 3.06. The fraction of sp³-hybridized carbons (Fsp3) is 0.750. The number of rotatable bonds is 4. The molecule has 2 unspecified atom stereocenters. The normalized spacial score (nSPS) is 25.9. The number of oxazole rings is 1. The molecule has 0 amide bonds. The molecule has 0 radical (unpaired) electrons. The van der Waals surface area contributed by atoms with Gasteiger partial charge in [-0.25, -0.2) is 4.98 Å². The number of aryl methyl sites for hydroxylation is 1. The molecule has 0 aliphatic carbocycles. The first kappa shape index (κ1) is 12.5. The van der Waals surface area contributed by atoms with Crippen molar-refractivity contribution in [3.63, 3.8) is 0 Å². The van der Waals surface area contributed by atoms with Gasteiger partial charge in [0.2, 0.25) is 0 Å². The van der Waals surface area contributed by atoms with E-state index in [9.17, 15) is 5.11 Å². The number of nitrogens with zero attached hydrogens (tertiary/aromatic N) is 3. The van der Waals surface area contributed by atoms with E-state index in [2.05, 4.69) is 28.9 Å². The zero-order valence-corrected chi connectivity index (χ0v) is 10.8. The van der Waals surface area contributed by atoms with E-state index in [0.717, 1.165) is 37.5 Å². The Morgan fingerprint density at radius 2 is 2.35 bits per heavy atom. The Hall–Kier alpha value is -0.910. The molecule has 1 aromatic rings.